The van der Waals surface area contributed by atoms with Gasteiger partial charge in [-0.05, 0) is 35.4 Å². The van der Waals surface area contributed by atoms with Gasteiger partial charge in [-0.15, -0.1) is 5.06 Å². The van der Waals surface area contributed by atoms with Crippen LogP contribution in [0.5, 0.6) is 11.5 Å². The van der Waals surface area contributed by atoms with Gasteiger partial charge in [0.1, 0.15) is 18.2 Å². The van der Waals surface area contributed by atoms with Crippen molar-refractivity contribution in [3.05, 3.63) is 59.7 Å². The highest BCUT2D eigenvalue weighted by molar-refractivity contribution is 5.41. The Bertz CT molecular complexity index is 693. The second kappa shape index (κ2) is 8.08. The summed E-state index contributed by atoms with van der Waals surface area (Å²) in [6, 6.07) is 16.4. The summed E-state index contributed by atoms with van der Waals surface area (Å²) in [4.78, 5) is 5.00. The first-order valence-electron chi connectivity index (χ1n) is 8.94. The number of rotatable bonds is 9. The van der Waals surface area contributed by atoms with Crippen LogP contribution in [0.15, 0.2) is 48.5 Å². The molecule has 1 aliphatic rings. The molecule has 1 saturated heterocycles. The van der Waals surface area contributed by atoms with E-state index in [0.29, 0.717) is 20.1 Å². The van der Waals surface area contributed by atoms with E-state index in [-0.39, 0.29) is 17.9 Å². The summed E-state index contributed by atoms with van der Waals surface area (Å²) in [7, 11) is 0. The standard InChI is InChI=1S/C21H27NO4/c1-16(12-23)13-24-19-8-4-17(5-9-19)21(2,3)18-6-10-20(11-7-18)25-14-22-15-26-22/h4-11,16,23H,12-15H2,1-3H3. The third-order valence-corrected chi connectivity index (χ3v) is 4.69. The van der Waals surface area contributed by atoms with Gasteiger partial charge in [0.25, 0.3) is 0 Å². The Morgan fingerprint density at radius 1 is 1.00 bits per heavy atom. The van der Waals surface area contributed by atoms with Crippen molar-refractivity contribution >= 4 is 0 Å². The minimum Gasteiger partial charge on any atom is -0.493 e. The molecule has 1 heterocycles. The van der Waals surface area contributed by atoms with E-state index in [1.54, 1.807) is 5.06 Å². The van der Waals surface area contributed by atoms with E-state index in [4.69, 9.17) is 19.4 Å². The molecule has 0 amide bonds. The molecule has 0 aromatic heterocycles. The molecule has 0 aliphatic carbocycles. The van der Waals surface area contributed by atoms with Crippen LogP contribution in [-0.2, 0) is 10.3 Å². The van der Waals surface area contributed by atoms with Crippen molar-refractivity contribution in [3.63, 3.8) is 0 Å². The van der Waals surface area contributed by atoms with Gasteiger partial charge in [0.05, 0.1) is 6.61 Å². The van der Waals surface area contributed by atoms with E-state index < -0.39 is 0 Å². The second-order valence-corrected chi connectivity index (χ2v) is 7.29. The molecule has 1 aliphatic heterocycles. The molecule has 26 heavy (non-hydrogen) atoms. The molecule has 2 unspecified atom stereocenters. The van der Waals surface area contributed by atoms with Crippen molar-refractivity contribution < 1.29 is 19.4 Å². The zero-order valence-electron chi connectivity index (χ0n) is 15.6. The topological polar surface area (TPSA) is 54.2 Å². The highest BCUT2D eigenvalue weighted by Crippen LogP contribution is 2.33. The number of aliphatic hydroxyl groups is 1. The maximum Gasteiger partial charge on any atom is 0.166 e. The minimum atomic E-state index is -0.126. The maximum atomic E-state index is 9.08. The average molecular weight is 357 g/mol. The summed E-state index contributed by atoms with van der Waals surface area (Å²) in [5, 5.41) is 10.8. The van der Waals surface area contributed by atoms with Crippen LogP contribution in [-0.4, -0.2) is 36.8 Å². The molecular formula is C21H27NO4. The smallest absolute Gasteiger partial charge is 0.166 e. The van der Waals surface area contributed by atoms with Gasteiger partial charge < -0.3 is 14.6 Å². The SMILES string of the molecule is CC(CO)COc1ccc(C(C)(C)c2ccc(OCN3CO3)cc2)cc1. The zero-order valence-corrected chi connectivity index (χ0v) is 15.6. The van der Waals surface area contributed by atoms with Crippen molar-refractivity contribution in [2.45, 2.75) is 26.2 Å². The zero-order chi connectivity index (χ0) is 18.6. The largest absolute Gasteiger partial charge is 0.493 e. The Balaban J connectivity index is 1.64. The molecule has 0 spiro atoms. The van der Waals surface area contributed by atoms with Crippen LogP contribution >= 0.6 is 0 Å². The van der Waals surface area contributed by atoms with Crippen LogP contribution < -0.4 is 9.47 Å². The predicted octanol–water partition coefficient (Wildman–Crippen LogP) is 3.56. The lowest BCUT2D eigenvalue weighted by Gasteiger charge is -2.26. The fraction of sp³-hybridized carbons (Fsp3) is 0.429. The number of ether oxygens (including phenoxy) is 2. The first-order valence-corrected chi connectivity index (χ1v) is 8.94. The molecule has 5 heteroatoms. The Morgan fingerprint density at radius 2 is 1.50 bits per heavy atom. The number of hydrogen-bond donors (Lipinski definition) is 1. The Hall–Kier alpha value is -2.08. The molecule has 3 rings (SSSR count). The lowest BCUT2D eigenvalue weighted by Crippen LogP contribution is -2.19. The maximum absolute atomic E-state index is 9.08. The van der Waals surface area contributed by atoms with E-state index in [1.165, 1.54) is 11.1 Å². The molecule has 1 fully saturated rings. The Kier molecular flexibility index (Phi) is 5.81. The number of benzene rings is 2. The molecule has 2 atom stereocenters. The molecule has 0 saturated carbocycles. The molecule has 5 nitrogen and oxygen atoms in total. The number of hydrogen-bond acceptors (Lipinski definition) is 5. The van der Waals surface area contributed by atoms with E-state index in [0.717, 1.165) is 11.5 Å². The van der Waals surface area contributed by atoms with Gasteiger partial charge in [-0.25, -0.2) is 0 Å². The van der Waals surface area contributed by atoms with Gasteiger partial charge in [0.2, 0.25) is 0 Å². The van der Waals surface area contributed by atoms with Gasteiger partial charge in [-0.3, -0.25) is 4.84 Å². The molecule has 0 bridgehead atoms. The van der Waals surface area contributed by atoms with Crippen molar-refractivity contribution in [1.82, 2.24) is 5.06 Å². The number of nitrogens with zero attached hydrogens (tertiary/aromatic N) is 1. The first-order chi connectivity index (χ1) is 12.5. The summed E-state index contributed by atoms with van der Waals surface area (Å²) >= 11 is 0. The van der Waals surface area contributed by atoms with Gasteiger partial charge in [-0.2, -0.15) is 0 Å². The summed E-state index contributed by atoms with van der Waals surface area (Å²) < 4.78 is 11.3. The molecule has 1 N–H and O–H groups in total. The second-order valence-electron chi connectivity index (χ2n) is 7.29. The van der Waals surface area contributed by atoms with Gasteiger partial charge in [0.15, 0.2) is 6.73 Å². The number of aliphatic hydroxyl groups excluding tert-OH is 1. The summed E-state index contributed by atoms with van der Waals surface area (Å²) in [6.07, 6.45) is 0. The third-order valence-electron chi connectivity index (χ3n) is 4.69. The average Bonchev–Trinajstić information content (AvgIpc) is 3.49. The highest BCUT2D eigenvalue weighted by atomic mass is 16.8. The summed E-state index contributed by atoms with van der Waals surface area (Å²) in [5.74, 6) is 1.79. The fourth-order valence-corrected chi connectivity index (χ4v) is 2.66. The highest BCUT2D eigenvalue weighted by Gasteiger charge is 2.23. The minimum absolute atomic E-state index is 0.126. The molecule has 140 valence electrons. The lowest BCUT2D eigenvalue weighted by atomic mass is 9.78. The first kappa shape index (κ1) is 18.7. The third kappa shape index (κ3) is 4.75. The normalized spacial score (nSPS) is 17.6. The van der Waals surface area contributed by atoms with Gasteiger partial charge >= 0.3 is 0 Å². The monoisotopic (exact) mass is 357 g/mol. The van der Waals surface area contributed by atoms with Gasteiger partial charge in [0, 0.05) is 17.9 Å². The lowest BCUT2D eigenvalue weighted by molar-refractivity contribution is 0.0989. The Labute approximate surface area is 155 Å². The summed E-state index contributed by atoms with van der Waals surface area (Å²) in [5.41, 5.74) is 2.31. The van der Waals surface area contributed by atoms with Crippen LogP contribution in [0.25, 0.3) is 0 Å². The van der Waals surface area contributed by atoms with E-state index in [2.05, 4.69) is 38.1 Å². The van der Waals surface area contributed by atoms with Crippen molar-refractivity contribution in [2.75, 3.05) is 26.7 Å². The van der Waals surface area contributed by atoms with Gasteiger partial charge in [-0.1, -0.05) is 45.0 Å². The molecule has 2 aromatic carbocycles. The molecular weight excluding hydrogens is 330 g/mol. The molecule has 0 radical (unpaired) electrons. The fourth-order valence-electron chi connectivity index (χ4n) is 2.66. The van der Waals surface area contributed by atoms with E-state index in [9.17, 15) is 0 Å². The molecule has 2 aromatic rings. The van der Waals surface area contributed by atoms with Crippen molar-refractivity contribution in [1.29, 1.82) is 0 Å². The van der Waals surface area contributed by atoms with Crippen LogP contribution in [0.1, 0.15) is 31.9 Å². The van der Waals surface area contributed by atoms with Crippen molar-refractivity contribution in [3.8, 4) is 11.5 Å². The van der Waals surface area contributed by atoms with E-state index in [1.807, 2.05) is 31.2 Å². The van der Waals surface area contributed by atoms with Crippen LogP contribution in [0.4, 0.5) is 0 Å². The summed E-state index contributed by atoms with van der Waals surface area (Å²) in [6.45, 7) is 8.12. The number of hydroxylamine groups is 2. The quantitative estimate of drug-likeness (QED) is 0.696. The Morgan fingerprint density at radius 3 is 1.96 bits per heavy atom. The van der Waals surface area contributed by atoms with Crippen LogP contribution in [0.3, 0.4) is 0 Å². The van der Waals surface area contributed by atoms with Crippen molar-refractivity contribution in [2.24, 2.45) is 5.92 Å². The van der Waals surface area contributed by atoms with Crippen LogP contribution in [0.2, 0.25) is 0 Å². The van der Waals surface area contributed by atoms with Crippen LogP contribution in [0, 0.1) is 5.92 Å². The van der Waals surface area contributed by atoms with E-state index >= 15 is 0 Å². The predicted molar refractivity (Wildman–Crippen MR) is 100 cm³/mol.